The van der Waals surface area contributed by atoms with Crippen LogP contribution in [-0.2, 0) is 10.1 Å². The first-order valence-electron chi connectivity index (χ1n) is 14.1. The van der Waals surface area contributed by atoms with Gasteiger partial charge in [0.1, 0.15) is 11.5 Å². The van der Waals surface area contributed by atoms with Crippen molar-refractivity contribution in [3.63, 3.8) is 0 Å². The normalized spacial score (nSPS) is 20.6. The largest absolute Gasteiger partial charge is 0.461 e. The Balaban J connectivity index is 1.43. The summed E-state index contributed by atoms with van der Waals surface area (Å²) in [6, 6.07) is 29.9. The van der Waals surface area contributed by atoms with Crippen molar-refractivity contribution < 1.29 is 14.5 Å². The first kappa shape index (κ1) is 25.8. The number of nitriles is 1. The summed E-state index contributed by atoms with van der Waals surface area (Å²) in [6.45, 7) is 7.30. The van der Waals surface area contributed by atoms with Gasteiger partial charge in [0, 0.05) is 17.6 Å². The number of fused-ring (bicyclic) bond motifs is 9. The summed E-state index contributed by atoms with van der Waals surface area (Å²) in [5.41, 5.74) is 5.26. The molecule has 1 radical (unpaired) electrons. The molecule has 0 bridgehead atoms. The predicted octanol–water partition coefficient (Wildman–Crippen LogP) is 7.61. The molecule has 0 saturated carbocycles. The fourth-order valence-electron chi connectivity index (χ4n) is 6.44. The van der Waals surface area contributed by atoms with Gasteiger partial charge in [-0.15, -0.1) is 0 Å². The monoisotopic (exact) mass is 536 g/mol. The number of allylic oxidation sites excluding steroid dienone is 4. The zero-order valence-electron chi connectivity index (χ0n) is 23.7. The van der Waals surface area contributed by atoms with E-state index in [-0.39, 0.29) is 5.82 Å². The number of nitrogens with zero attached hydrogens (tertiary/aromatic N) is 1. The summed E-state index contributed by atoms with van der Waals surface area (Å²) in [7, 11) is 1.82. The summed E-state index contributed by atoms with van der Waals surface area (Å²) in [5.74, 6) is 1.54. The summed E-state index contributed by atoms with van der Waals surface area (Å²) in [4.78, 5) is 0. The molecular weight excluding hydrogens is 505 g/mol. The van der Waals surface area contributed by atoms with Gasteiger partial charge >= 0.3 is 7.48 Å². The minimum atomic E-state index is -1.01. The lowest BCUT2D eigenvalue weighted by molar-refractivity contribution is -0.0908. The maximum absolute atomic E-state index is 10.6. The zero-order valence-corrected chi connectivity index (χ0v) is 23.7. The van der Waals surface area contributed by atoms with Gasteiger partial charge in [-0.3, -0.25) is 0 Å². The highest BCUT2D eigenvalue weighted by Gasteiger charge is 2.52. The van der Waals surface area contributed by atoms with Crippen LogP contribution < -0.4 is 4.74 Å². The molecule has 0 aromatic heterocycles. The highest BCUT2D eigenvalue weighted by atomic mass is 16.5. The van der Waals surface area contributed by atoms with E-state index in [0.717, 1.165) is 16.9 Å². The van der Waals surface area contributed by atoms with E-state index < -0.39 is 16.6 Å². The number of hydrogen-bond donors (Lipinski definition) is 1. The van der Waals surface area contributed by atoms with E-state index in [1.54, 1.807) is 13.8 Å². The fraction of sp³-hybridized carbons (Fsp3) is 0.250. The second-order valence-electron chi connectivity index (χ2n) is 12.4. The molecule has 3 aliphatic rings. The van der Waals surface area contributed by atoms with E-state index in [9.17, 15) is 10.4 Å². The lowest BCUT2D eigenvalue weighted by Crippen LogP contribution is -2.48. The van der Waals surface area contributed by atoms with Crippen molar-refractivity contribution in [3.8, 4) is 22.9 Å². The third kappa shape index (κ3) is 3.75. The van der Waals surface area contributed by atoms with Crippen molar-refractivity contribution >= 4 is 18.3 Å². The van der Waals surface area contributed by atoms with E-state index in [4.69, 9.17) is 9.39 Å². The number of benzene rings is 4. The number of ether oxygens (including phenoxy) is 1. The van der Waals surface area contributed by atoms with Crippen molar-refractivity contribution in [3.05, 3.63) is 125 Å². The Morgan fingerprint density at radius 3 is 2.39 bits per heavy atom. The van der Waals surface area contributed by atoms with E-state index >= 15 is 0 Å². The summed E-state index contributed by atoms with van der Waals surface area (Å²) in [5, 5.41) is 22.7. The summed E-state index contributed by atoms with van der Waals surface area (Å²) in [6.07, 6.45) is 4.99. The molecule has 4 aromatic carbocycles. The molecule has 0 fully saturated rings. The van der Waals surface area contributed by atoms with Crippen LogP contribution in [0.5, 0.6) is 5.75 Å². The maximum atomic E-state index is 10.6. The molecule has 201 valence electrons. The van der Waals surface area contributed by atoms with Gasteiger partial charge in [-0.25, -0.2) is 0 Å². The molecule has 2 aliphatic carbocycles. The molecule has 4 nitrogen and oxygen atoms in total. The molecular formula is C36H31BNO3. The third-order valence-electron chi connectivity index (χ3n) is 9.31. The van der Waals surface area contributed by atoms with Crippen molar-refractivity contribution in [1.82, 2.24) is 0 Å². The van der Waals surface area contributed by atoms with Gasteiger partial charge < -0.3 is 14.5 Å². The van der Waals surface area contributed by atoms with Gasteiger partial charge in [0.2, 0.25) is 0 Å². The molecule has 7 rings (SSSR count). The minimum Gasteiger partial charge on any atom is -0.461 e. The standard InChI is InChI=1S/C36H31BNO3/c1-34(2,39)35(3,4)41-37-25-14-16-30-33(20-25)40-32-17-22(21-38)13-15-29(32)36(30)28-12-8-7-11-26(28)27-18-23-9-5-6-10-24(23)19-31(27)36/h5-19,25,39H,20H2,1-4H3. The average Bonchev–Trinajstić information content (AvgIpc) is 3.24. The van der Waals surface area contributed by atoms with Crippen molar-refractivity contribution in [2.24, 2.45) is 0 Å². The first-order chi connectivity index (χ1) is 19.6. The van der Waals surface area contributed by atoms with Crippen LogP contribution in [0.2, 0.25) is 5.82 Å². The van der Waals surface area contributed by atoms with Crippen LogP contribution in [0.25, 0.3) is 21.9 Å². The Labute approximate surface area is 241 Å². The number of hydrogen-bond acceptors (Lipinski definition) is 4. The Morgan fingerprint density at radius 2 is 1.63 bits per heavy atom. The Bertz CT molecular complexity index is 1840. The van der Waals surface area contributed by atoms with Crippen LogP contribution >= 0.6 is 0 Å². The number of aliphatic hydroxyl groups is 1. The van der Waals surface area contributed by atoms with Gasteiger partial charge in [0.25, 0.3) is 0 Å². The molecule has 2 unspecified atom stereocenters. The van der Waals surface area contributed by atoms with Crippen LogP contribution in [0.15, 0.2) is 102 Å². The van der Waals surface area contributed by atoms with E-state index in [1.807, 2.05) is 33.5 Å². The fourth-order valence-corrected chi connectivity index (χ4v) is 6.44. The molecule has 0 amide bonds. The lowest BCUT2D eigenvalue weighted by atomic mass is 9.62. The van der Waals surface area contributed by atoms with Crippen molar-refractivity contribution in [2.45, 2.75) is 56.6 Å². The lowest BCUT2D eigenvalue weighted by Gasteiger charge is -2.42. The third-order valence-corrected chi connectivity index (χ3v) is 9.31. The van der Waals surface area contributed by atoms with Gasteiger partial charge in [0.05, 0.1) is 28.2 Å². The van der Waals surface area contributed by atoms with Crippen LogP contribution in [0.3, 0.4) is 0 Å². The molecule has 4 aromatic rings. The second kappa shape index (κ2) is 8.95. The smallest absolute Gasteiger partial charge is 0.301 e. The maximum Gasteiger partial charge on any atom is 0.301 e. The molecule has 41 heavy (non-hydrogen) atoms. The average molecular weight is 536 g/mol. The molecule has 1 heterocycles. The van der Waals surface area contributed by atoms with Gasteiger partial charge in [0.15, 0.2) is 0 Å². The van der Waals surface area contributed by atoms with E-state index in [1.165, 1.54) is 33.0 Å². The zero-order chi connectivity index (χ0) is 28.6. The molecule has 1 spiro atoms. The molecule has 1 aliphatic heterocycles. The highest BCUT2D eigenvalue weighted by Crippen LogP contribution is 2.62. The summed E-state index contributed by atoms with van der Waals surface area (Å²) >= 11 is 0. The molecule has 2 atom stereocenters. The highest BCUT2D eigenvalue weighted by molar-refractivity contribution is 6.31. The molecule has 5 heteroatoms. The van der Waals surface area contributed by atoms with Gasteiger partial charge in [-0.05, 0) is 90.8 Å². The van der Waals surface area contributed by atoms with Gasteiger partial charge in [-0.2, -0.15) is 5.26 Å². The topological polar surface area (TPSA) is 62.5 Å². The van der Waals surface area contributed by atoms with Crippen molar-refractivity contribution in [1.29, 1.82) is 5.26 Å². The van der Waals surface area contributed by atoms with E-state index in [0.29, 0.717) is 17.7 Å². The Morgan fingerprint density at radius 1 is 0.902 bits per heavy atom. The SMILES string of the molecule is CC(C)(O)C(C)(C)O[B]C1C=CC2=C(C1)Oc1cc(C#N)ccc1C21c2ccccc2-c2cc3ccccc3cc21. The summed E-state index contributed by atoms with van der Waals surface area (Å²) < 4.78 is 12.8. The van der Waals surface area contributed by atoms with Crippen LogP contribution in [0.1, 0.15) is 56.4 Å². The Hall–Kier alpha value is -4.11. The van der Waals surface area contributed by atoms with Crippen LogP contribution in [0.4, 0.5) is 0 Å². The van der Waals surface area contributed by atoms with Crippen LogP contribution in [0, 0.1) is 11.3 Å². The van der Waals surface area contributed by atoms with Crippen molar-refractivity contribution in [2.75, 3.05) is 0 Å². The number of rotatable bonds is 4. The first-order valence-corrected chi connectivity index (χ1v) is 14.1. The van der Waals surface area contributed by atoms with E-state index in [2.05, 4.69) is 85.0 Å². The molecule has 0 saturated heterocycles. The predicted molar refractivity (Wildman–Crippen MR) is 163 cm³/mol. The molecule has 1 N–H and O–H groups in total. The quantitative estimate of drug-likeness (QED) is 0.273. The minimum absolute atomic E-state index is 0.0409. The van der Waals surface area contributed by atoms with Crippen LogP contribution in [-0.4, -0.2) is 23.8 Å². The Kier molecular flexibility index (Phi) is 5.64. The van der Waals surface area contributed by atoms with Gasteiger partial charge in [-0.1, -0.05) is 66.7 Å². The second-order valence-corrected chi connectivity index (χ2v) is 12.4.